The monoisotopic (exact) mass is 344 g/mol. The lowest BCUT2D eigenvalue weighted by Gasteiger charge is -2.32. The first-order chi connectivity index (χ1) is 11.1. The van der Waals surface area contributed by atoms with Gasteiger partial charge in [0.1, 0.15) is 0 Å². The van der Waals surface area contributed by atoms with E-state index in [0.717, 1.165) is 0 Å². The van der Waals surface area contributed by atoms with Gasteiger partial charge in [-0.25, -0.2) is 14.4 Å². The lowest BCUT2D eigenvalue weighted by atomic mass is 10.1. The summed E-state index contributed by atoms with van der Waals surface area (Å²) in [6.07, 6.45) is -1.80. The summed E-state index contributed by atoms with van der Waals surface area (Å²) in [5.74, 6) is -6.84. The second kappa shape index (κ2) is 9.60. The molecule has 24 heavy (non-hydrogen) atoms. The van der Waals surface area contributed by atoms with Gasteiger partial charge in [-0.2, -0.15) is 0 Å². The first-order valence-corrected chi connectivity index (χ1v) is 6.77. The summed E-state index contributed by atoms with van der Waals surface area (Å²) >= 11 is 0. The van der Waals surface area contributed by atoms with Crippen LogP contribution in [0, 0.1) is 0 Å². The number of hydrogen-bond donors (Lipinski definition) is 3. The van der Waals surface area contributed by atoms with Crippen LogP contribution in [0.5, 0.6) is 0 Å². The molecule has 0 aromatic rings. The molecule has 0 spiro atoms. The fraction of sp³-hybridized carbons (Fsp3) is 0.400. The Morgan fingerprint density at radius 1 is 1.17 bits per heavy atom. The summed E-state index contributed by atoms with van der Waals surface area (Å²) in [5.41, 5.74) is -0.447. The Balaban J connectivity index is 5.53. The van der Waals surface area contributed by atoms with Gasteiger partial charge < -0.3 is 29.5 Å². The Morgan fingerprint density at radius 2 is 1.71 bits per heavy atom. The largest absolute Gasteiger partial charge is 0.445 e. The van der Waals surface area contributed by atoms with Crippen LogP contribution in [0.3, 0.4) is 0 Å². The summed E-state index contributed by atoms with van der Waals surface area (Å²) in [5, 5.41) is 29.1. The molecule has 0 saturated carbocycles. The van der Waals surface area contributed by atoms with Gasteiger partial charge in [0.2, 0.25) is 6.10 Å². The van der Waals surface area contributed by atoms with Gasteiger partial charge in [-0.15, -0.1) is 0 Å². The Morgan fingerprint density at radius 3 is 2.12 bits per heavy atom. The smallest absolute Gasteiger partial charge is 0.415 e. The highest BCUT2D eigenvalue weighted by atomic mass is 16.9. The van der Waals surface area contributed by atoms with Crippen LogP contribution in [-0.2, 0) is 28.6 Å². The normalized spacial score (nSPS) is 15.2. The Kier molecular flexibility index (Phi) is 8.61. The van der Waals surface area contributed by atoms with Crippen LogP contribution in [0.4, 0.5) is 0 Å². The van der Waals surface area contributed by atoms with Crippen molar-refractivity contribution in [1.29, 1.82) is 0 Å². The SMILES string of the molecule is C=CC(=O)OC(CO)C(O)(OC(=O)C=C)OC(=O)C(=C)C(O)CC. The number of carbonyl (C=O) groups excluding carboxylic acids is 3. The second-order valence-electron chi connectivity index (χ2n) is 4.41. The van der Waals surface area contributed by atoms with Crippen molar-refractivity contribution < 1.29 is 43.9 Å². The quantitative estimate of drug-likeness (QED) is 0.267. The number of carbonyl (C=O) groups is 3. The molecular formula is C15H20O9. The van der Waals surface area contributed by atoms with Gasteiger partial charge in [-0.1, -0.05) is 26.7 Å². The summed E-state index contributed by atoms with van der Waals surface area (Å²) < 4.78 is 13.7. The molecule has 0 aliphatic rings. The van der Waals surface area contributed by atoms with E-state index >= 15 is 0 Å². The van der Waals surface area contributed by atoms with Crippen LogP contribution in [-0.4, -0.2) is 58.0 Å². The minimum atomic E-state index is -3.17. The maximum absolute atomic E-state index is 11.9. The van der Waals surface area contributed by atoms with Crippen molar-refractivity contribution in [2.24, 2.45) is 0 Å². The van der Waals surface area contributed by atoms with Gasteiger partial charge in [0.05, 0.1) is 18.3 Å². The average molecular weight is 344 g/mol. The summed E-state index contributed by atoms with van der Waals surface area (Å²) in [6, 6.07) is 0. The fourth-order valence-corrected chi connectivity index (χ4v) is 1.33. The lowest BCUT2D eigenvalue weighted by Crippen LogP contribution is -2.53. The highest BCUT2D eigenvalue weighted by Crippen LogP contribution is 2.22. The molecule has 0 aromatic carbocycles. The molecule has 0 amide bonds. The zero-order valence-corrected chi connectivity index (χ0v) is 13.1. The summed E-state index contributed by atoms with van der Waals surface area (Å²) in [4.78, 5) is 34.5. The molecule has 3 unspecified atom stereocenters. The molecule has 0 rings (SSSR count). The van der Waals surface area contributed by atoms with E-state index in [1.165, 1.54) is 0 Å². The van der Waals surface area contributed by atoms with Crippen molar-refractivity contribution in [3.05, 3.63) is 37.5 Å². The highest BCUT2D eigenvalue weighted by Gasteiger charge is 2.48. The molecule has 0 fully saturated rings. The number of ether oxygens (including phenoxy) is 3. The highest BCUT2D eigenvalue weighted by molar-refractivity contribution is 5.89. The maximum atomic E-state index is 11.9. The zero-order chi connectivity index (χ0) is 18.9. The van der Waals surface area contributed by atoms with E-state index in [-0.39, 0.29) is 6.42 Å². The maximum Gasteiger partial charge on any atom is 0.415 e. The van der Waals surface area contributed by atoms with Crippen molar-refractivity contribution in [2.75, 3.05) is 6.61 Å². The van der Waals surface area contributed by atoms with Gasteiger partial charge in [0.15, 0.2) is 0 Å². The molecule has 0 heterocycles. The minimum Gasteiger partial charge on any atom is -0.445 e. The average Bonchev–Trinajstić information content (AvgIpc) is 2.57. The number of esters is 3. The first-order valence-electron chi connectivity index (χ1n) is 6.77. The summed E-state index contributed by atoms with van der Waals surface area (Å²) in [6.45, 7) is 9.97. The van der Waals surface area contributed by atoms with Gasteiger partial charge in [-0.05, 0) is 6.42 Å². The van der Waals surface area contributed by atoms with Crippen molar-refractivity contribution in [3.8, 4) is 0 Å². The molecule has 0 saturated heterocycles. The number of hydrogen-bond acceptors (Lipinski definition) is 9. The molecule has 0 bridgehead atoms. The standard InChI is InChI=1S/C15H20O9/c1-5-10(17)9(4)14(20)24-15(21,23-13(19)7-3)11(8-16)22-12(18)6-2/h6-7,10-11,16-17,21H,2-5,8H2,1H3. The zero-order valence-electron chi connectivity index (χ0n) is 13.1. The third kappa shape index (κ3) is 5.95. The van der Waals surface area contributed by atoms with Gasteiger partial charge in [-0.3, -0.25) is 0 Å². The van der Waals surface area contributed by atoms with E-state index in [0.29, 0.717) is 12.2 Å². The van der Waals surface area contributed by atoms with E-state index < -0.39 is 48.3 Å². The number of rotatable bonds is 10. The van der Waals surface area contributed by atoms with Crippen LogP contribution in [0.15, 0.2) is 37.5 Å². The number of aliphatic hydroxyl groups excluding tert-OH is 2. The Bertz CT molecular complexity index is 525. The van der Waals surface area contributed by atoms with Crippen molar-refractivity contribution in [2.45, 2.75) is 31.5 Å². The van der Waals surface area contributed by atoms with Gasteiger partial charge in [0.25, 0.3) is 0 Å². The molecule has 0 aromatic heterocycles. The Labute approximate surface area is 138 Å². The molecule has 9 heteroatoms. The van der Waals surface area contributed by atoms with Gasteiger partial charge >= 0.3 is 23.9 Å². The molecule has 9 nitrogen and oxygen atoms in total. The third-order valence-corrected chi connectivity index (χ3v) is 2.70. The topological polar surface area (TPSA) is 140 Å². The minimum absolute atomic E-state index is 0.119. The fourth-order valence-electron chi connectivity index (χ4n) is 1.33. The molecule has 3 N–H and O–H groups in total. The summed E-state index contributed by atoms with van der Waals surface area (Å²) in [7, 11) is 0. The van der Waals surface area contributed by atoms with Crippen molar-refractivity contribution >= 4 is 17.9 Å². The molecule has 0 radical (unpaired) electrons. The molecule has 134 valence electrons. The third-order valence-electron chi connectivity index (χ3n) is 2.70. The van der Waals surface area contributed by atoms with E-state index in [2.05, 4.69) is 33.9 Å². The lowest BCUT2D eigenvalue weighted by molar-refractivity contribution is -0.361. The van der Waals surface area contributed by atoms with E-state index in [1.54, 1.807) is 6.92 Å². The molecule has 0 aliphatic carbocycles. The van der Waals surface area contributed by atoms with E-state index in [4.69, 9.17) is 0 Å². The van der Waals surface area contributed by atoms with Crippen LogP contribution >= 0.6 is 0 Å². The first kappa shape index (κ1) is 21.5. The van der Waals surface area contributed by atoms with Crippen LogP contribution in [0.25, 0.3) is 0 Å². The predicted octanol–water partition coefficient (Wildman–Crippen LogP) is -0.678. The molecular weight excluding hydrogens is 324 g/mol. The van der Waals surface area contributed by atoms with Crippen LogP contribution in [0.1, 0.15) is 13.3 Å². The second-order valence-corrected chi connectivity index (χ2v) is 4.41. The molecule has 0 aliphatic heterocycles. The van der Waals surface area contributed by atoms with Gasteiger partial charge in [0, 0.05) is 12.2 Å². The Hall–Kier alpha value is -2.49. The van der Waals surface area contributed by atoms with Crippen molar-refractivity contribution in [3.63, 3.8) is 0 Å². The van der Waals surface area contributed by atoms with E-state index in [9.17, 15) is 29.7 Å². The van der Waals surface area contributed by atoms with Crippen LogP contribution in [0.2, 0.25) is 0 Å². The van der Waals surface area contributed by atoms with E-state index in [1.807, 2.05) is 0 Å². The molecule has 3 atom stereocenters. The predicted molar refractivity (Wildman–Crippen MR) is 79.9 cm³/mol. The number of aliphatic hydroxyl groups is 3. The van der Waals surface area contributed by atoms with Crippen LogP contribution < -0.4 is 0 Å². The van der Waals surface area contributed by atoms with Crippen molar-refractivity contribution in [1.82, 2.24) is 0 Å².